The third-order valence-electron chi connectivity index (χ3n) is 5.03. The molecule has 1 aromatic rings. The summed E-state index contributed by atoms with van der Waals surface area (Å²) in [7, 11) is 0. The minimum atomic E-state index is 0.180. The topological polar surface area (TPSA) is 29.5 Å². The van der Waals surface area contributed by atoms with Gasteiger partial charge in [0.1, 0.15) is 0 Å². The predicted octanol–water partition coefficient (Wildman–Crippen LogP) is 3.28. The molecule has 0 saturated carbocycles. The lowest BCUT2D eigenvalue weighted by Crippen LogP contribution is -2.45. The fourth-order valence-corrected chi connectivity index (χ4v) is 3.86. The molecule has 2 aliphatic heterocycles. The Morgan fingerprint density at radius 2 is 2.09 bits per heavy atom. The van der Waals surface area contributed by atoms with Crippen LogP contribution in [-0.2, 0) is 16.0 Å². The number of piperidine rings is 1. The molecular formula is C19H27NO2. The second-order valence-electron chi connectivity index (χ2n) is 6.88. The highest BCUT2D eigenvalue weighted by Crippen LogP contribution is 2.26. The van der Waals surface area contributed by atoms with E-state index >= 15 is 0 Å². The summed E-state index contributed by atoms with van der Waals surface area (Å²) in [4.78, 5) is 14.9. The van der Waals surface area contributed by atoms with Gasteiger partial charge in [0.2, 0.25) is 5.91 Å². The summed E-state index contributed by atoms with van der Waals surface area (Å²) in [6, 6.07) is 10.7. The number of likely N-dealkylation sites (tertiary alicyclic amines) is 1. The van der Waals surface area contributed by atoms with E-state index < -0.39 is 0 Å². The van der Waals surface area contributed by atoms with Crippen LogP contribution in [0.3, 0.4) is 0 Å². The number of nitrogens with zero attached hydrogens (tertiary/aromatic N) is 1. The highest BCUT2D eigenvalue weighted by atomic mass is 16.5. The molecule has 0 aliphatic carbocycles. The Morgan fingerprint density at radius 3 is 2.86 bits per heavy atom. The van der Waals surface area contributed by atoms with Crippen LogP contribution in [-0.4, -0.2) is 36.6 Å². The lowest BCUT2D eigenvalue weighted by molar-refractivity contribution is -0.142. The van der Waals surface area contributed by atoms with Crippen LogP contribution >= 0.6 is 0 Å². The van der Waals surface area contributed by atoms with Crippen LogP contribution in [0.2, 0.25) is 0 Å². The number of carbonyl (C=O) groups is 1. The van der Waals surface area contributed by atoms with E-state index in [9.17, 15) is 4.79 Å². The van der Waals surface area contributed by atoms with E-state index in [1.807, 2.05) is 0 Å². The quantitative estimate of drug-likeness (QED) is 0.857. The average Bonchev–Trinajstić information content (AvgIpc) is 2.55. The van der Waals surface area contributed by atoms with Crippen molar-refractivity contribution in [3.63, 3.8) is 0 Å². The second-order valence-corrected chi connectivity index (χ2v) is 6.88. The summed E-state index contributed by atoms with van der Waals surface area (Å²) in [6.07, 6.45) is 5.48. The van der Waals surface area contributed by atoms with Crippen molar-refractivity contribution in [1.29, 1.82) is 0 Å². The first kappa shape index (κ1) is 15.5. The van der Waals surface area contributed by atoms with Crippen molar-refractivity contribution < 1.29 is 9.53 Å². The van der Waals surface area contributed by atoms with Crippen molar-refractivity contribution in [2.24, 2.45) is 11.8 Å². The van der Waals surface area contributed by atoms with Gasteiger partial charge < -0.3 is 9.64 Å². The Bertz CT molecular complexity index is 487. The molecule has 0 radical (unpaired) electrons. The Balaban J connectivity index is 1.57. The van der Waals surface area contributed by atoms with E-state index in [-0.39, 0.29) is 12.0 Å². The maximum atomic E-state index is 12.8. The fraction of sp³-hybridized carbons (Fsp3) is 0.632. The molecule has 3 rings (SSSR count). The first-order valence-corrected chi connectivity index (χ1v) is 8.66. The number of rotatable bonds is 3. The highest BCUT2D eigenvalue weighted by Gasteiger charge is 2.31. The average molecular weight is 301 g/mol. The predicted molar refractivity (Wildman–Crippen MR) is 87.6 cm³/mol. The summed E-state index contributed by atoms with van der Waals surface area (Å²) in [6.45, 7) is 4.68. The summed E-state index contributed by atoms with van der Waals surface area (Å²) in [5.41, 5.74) is 1.39. The molecule has 0 N–H and O–H groups in total. The Labute approximate surface area is 133 Å². The van der Waals surface area contributed by atoms with Crippen molar-refractivity contribution in [1.82, 2.24) is 4.90 Å². The van der Waals surface area contributed by atoms with E-state index in [2.05, 4.69) is 42.2 Å². The van der Waals surface area contributed by atoms with E-state index in [0.717, 1.165) is 45.4 Å². The summed E-state index contributed by atoms with van der Waals surface area (Å²) in [5, 5.41) is 0. The molecular weight excluding hydrogens is 274 g/mol. The Hall–Kier alpha value is -1.35. The fourth-order valence-electron chi connectivity index (χ4n) is 3.86. The van der Waals surface area contributed by atoms with Crippen LogP contribution in [0.4, 0.5) is 0 Å². The van der Waals surface area contributed by atoms with Crippen LogP contribution < -0.4 is 0 Å². The number of ether oxygens (including phenoxy) is 1. The van der Waals surface area contributed by atoms with E-state index in [1.54, 1.807) is 0 Å². The number of amides is 1. The molecule has 3 nitrogen and oxygen atoms in total. The molecule has 0 aromatic heterocycles. The van der Waals surface area contributed by atoms with E-state index in [1.165, 1.54) is 12.0 Å². The van der Waals surface area contributed by atoms with Crippen LogP contribution in [0.15, 0.2) is 30.3 Å². The molecule has 2 saturated heterocycles. The number of benzene rings is 1. The molecule has 3 unspecified atom stereocenters. The monoisotopic (exact) mass is 301 g/mol. The molecule has 120 valence electrons. The zero-order valence-electron chi connectivity index (χ0n) is 13.5. The van der Waals surface area contributed by atoms with E-state index in [4.69, 9.17) is 4.74 Å². The molecule has 3 heteroatoms. The van der Waals surface area contributed by atoms with E-state index in [0.29, 0.717) is 11.8 Å². The lowest BCUT2D eigenvalue weighted by atomic mass is 9.89. The second kappa shape index (κ2) is 7.28. The zero-order valence-corrected chi connectivity index (χ0v) is 13.5. The van der Waals surface area contributed by atoms with Gasteiger partial charge in [-0.05, 0) is 50.5 Å². The molecule has 2 fully saturated rings. The summed E-state index contributed by atoms with van der Waals surface area (Å²) < 4.78 is 5.57. The largest absolute Gasteiger partial charge is 0.378 e. The van der Waals surface area contributed by atoms with Gasteiger partial charge in [0.25, 0.3) is 0 Å². The molecule has 0 bridgehead atoms. The van der Waals surface area contributed by atoms with Crippen molar-refractivity contribution in [3.8, 4) is 0 Å². The van der Waals surface area contributed by atoms with Crippen molar-refractivity contribution in [2.45, 2.75) is 45.1 Å². The van der Waals surface area contributed by atoms with Gasteiger partial charge in [0, 0.05) is 25.6 Å². The van der Waals surface area contributed by atoms with Gasteiger partial charge in [-0.15, -0.1) is 0 Å². The van der Waals surface area contributed by atoms with Gasteiger partial charge in [-0.3, -0.25) is 4.79 Å². The van der Waals surface area contributed by atoms with Crippen molar-refractivity contribution in [2.75, 3.05) is 19.7 Å². The lowest BCUT2D eigenvalue weighted by Gasteiger charge is -2.37. The van der Waals surface area contributed by atoms with Gasteiger partial charge in [-0.1, -0.05) is 30.3 Å². The van der Waals surface area contributed by atoms with Crippen molar-refractivity contribution >= 4 is 5.91 Å². The molecule has 3 atom stereocenters. The Morgan fingerprint density at radius 1 is 1.27 bits per heavy atom. The molecule has 22 heavy (non-hydrogen) atoms. The molecule has 1 amide bonds. The van der Waals surface area contributed by atoms with Crippen LogP contribution in [0.25, 0.3) is 0 Å². The zero-order chi connectivity index (χ0) is 15.4. The number of carbonyl (C=O) groups excluding carboxylic acids is 1. The molecule has 1 aromatic carbocycles. The first-order valence-electron chi connectivity index (χ1n) is 8.66. The minimum absolute atomic E-state index is 0.180. The van der Waals surface area contributed by atoms with Crippen LogP contribution in [0.1, 0.15) is 38.2 Å². The smallest absolute Gasteiger partial charge is 0.225 e. The van der Waals surface area contributed by atoms with Crippen molar-refractivity contribution in [3.05, 3.63) is 35.9 Å². The first-order chi connectivity index (χ1) is 10.7. The number of hydrogen-bond donors (Lipinski definition) is 0. The van der Waals surface area contributed by atoms with Gasteiger partial charge >= 0.3 is 0 Å². The standard InChI is InChI=1S/C19H27NO2/c1-15-12-18(9-11-22-15)19(21)20-10-5-8-17(14-20)13-16-6-3-2-4-7-16/h2-4,6-7,15,17-18H,5,8-14H2,1H3. The normalized spacial score (nSPS) is 29.3. The SMILES string of the molecule is CC1CC(C(=O)N2CCCC(Cc3ccccc3)C2)CCO1. The Kier molecular flexibility index (Phi) is 5.14. The summed E-state index contributed by atoms with van der Waals surface area (Å²) >= 11 is 0. The molecule has 0 spiro atoms. The highest BCUT2D eigenvalue weighted by molar-refractivity contribution is 5.79. The van der Waals surface area contributed by atoms with Gasteiger partial charge in [-0.25, -0.2) is 0 Å². The number of hydrogen-bond acceptors (Lipinski definition) is 2. The van der Waals surface area contributed by atoms with Gasteiger partial charge in [0.05, 0.1) is 6.10 Å². The van der Waals surface area contributed by atoms with Crippen LogP contribution in [0.5, 0.6) is 0 Å². The maximum Gasteiger partial charge on any atom is 0.225 e. The van der Waals surface area contributed by atoms with Crippen LogP contribution in [0, 0.1) is 11.8 Å². The molecule has 2 aliphatic rings. The van der Waals surface area contributed by atoms with Gasteiger partial charge in [-0.2, -0.15) is 0 Å². The third-order valence-corrected chi connectivity index (χ3v) is 5.03. The summed E-state index contributed by atoms with van der Waals surface area (Å²) in [5.74, 6) is 1.16. The third kappa shape index (κ3) is 3.89. The molecule has 2 heterocycles. The minimum Gasteiger partial charge on any atom is -0.378 e. The maximum absolute atomic E-state index is 12.8. The van der Waals surface area contributed by atoms with Gasteiger partial charge in [0.15, 0.2) is 0 Å².